The van der Waals surface area contributed by atoms with E-state index in [0.29, 0.717) is 11.8 Å². The van der Waals surface area contributed by atoms with Gasteiger partial charge in [-0.2, -0.15) is 0 Å². The second kappa shape index (κ2) is 5.92. The van der Waals surface area contributed by atoms with Crippen LogP contribution in [0.5, 0.6) is 5.75 Å². The van der Waals surface area contributed by atoms with Gasteiger partial charge in [-0.25, -0.2) is 13.6 Å². The molecule has 4 nitrogen and oxygen atoms in total. The average molecular weight is 314 g/mol. The minimum atomic E-state index is -1.15. The number of anilines is 2. The Morgan fingerprint density at radius 3 is 2.43 bits per heavy atom. The van der Waals surface area contributed by atoms with Crippen LogP contribution in [0.3, 0.4) is 0 Å². The van der Waals surface area contributed by atoms with Crippen molar-refractivity contribution in [3.8, 4) is 5.75 Å². The van der Waals surface area contributed by atoms with E-state index < -0.39 is 23.4 Å². The number of halogens is 2. The molecule has 116 valence electrons. The van der Waals surface area contributed by atoms with E-state index in [0.717, 1.165) is 16.8 Å². The maximum Gasteiger partial charge on any atom is 0.323 e. The molecule has 0 fully saturated rings. The lowest BCUT2D eigenvalue weighted by atomic mass is 10.1. The lowest BCUT2D eigenvalue weighted by molar-refractivity contribution is 0.262. The van der Waals surface area contributed by atoms with Gasteiger partial charge < -0.3 is 15.7 Å². The Labute approximate surface area is 130 Å². The number of rotatable bonds is 2. The third-order valence-electron chi connectivity index (χ3n) is 3.31. The maximum atomic E-state index is 13.3. The molecular weight excluding hydrogens is 302 g/mol. The summed E-state index contributed by atoms with van der Waals surface area (Å²) in [5, 5.41) is 16.1. The van der Waals surface area contributed by atoms with Crippen molar-refractivity contribution in [2.75, 3.05) is 10.6 Å². The van der Waals surface area contributed by atoms with Crippen molar-refractivity contribution in [2.45, 2.75) is 0 Å². The average Bonchev–Trinajstić information content (AvgIpc) is 2.52. The second-order valence-electron chi connectivity index (χ2n) is 4.89. The number of amides is 2. The first-order chi connectivity index (χ1) is 11.0. The van der Waals surface area contributed by atoms with E-state index in [9.17, 15) is 18.7 Å². The van der Waals surface area contributed by atoms with E-state index in [1.807, 2.05) is 30.3 Å². The van der Waals surface area contributed by atoms with Crippen molar-refractivity contribution < 1.29 is 18.7 Å². The van der Waals surface area contributed by atoms with Crippen LogP contribution >= 0.6 is 0 Å². The molecule has 0 bridgehead atoms. The molecule has 6 heteroatoms. The zero-order valence-electron chi connectivity index (χ0n) is 11.8. The number of carbonyl (C=O) groups excluding carboxylic acids is 1. The van der Waals surface area contributed by atoms with Crippen LogP contribution in [0.1, 0.15) is 0 Å². The molecule has 3 aromatic carbocycles. The fourth-order valence-electron chi connectivity index (χ4n) is 2.27. The predicted molar refractivity (Wildman–Crippen MR) is 84.6 cm³/mol. The quantitative estimate of drug-likeness (QED) is 0.611. The zero-order valence-corrected chi connectivity index (χ0v) is 11.8. The molecule has 0 unspecified atom stereocenters. The molecule has 0 aliphatic rings. The van der Waals surface area contributed by atoms with Crippen molar-refractivity contribution in [3.63, 3.8) is 0 Å². The highest BCUT2D eigenvalue weighted by Gasteiger charge is 2.13. The van der Waals surface area contributed by atoms with Gasteiger partial charge in [0.25, 0.3) is 0 Å². The van der Waals surface area contributed by atoms with Gasteiger partial charge in [0.05, 0.1) is 11.4 Å². The summed E-state index contributed by atoms with van der Waals surface area (Å²) >= 11 is 0. The second-order valence-corrected chi connectivity index (χ2v) is 4.89. The van der Waals surface area contributed by atoms with E-state index in [1.165, 1.54) is 0 Å². The summed E-state index contributed by atoms with van der Waals surface area (Å²) in [7, 11) is 0. The van der Waals surface area contributed by atoms with Crippen LogP contribution in [-0.4, -0.2) is 11.1 Å². The van der Waals surface area contributed by atoms with Crippen molar-refractivity contribution in [1.82, 2.24) is 0 Å². The molecule has 0 aromatic heterocycles. The van der Waals surface area contributed by atoms with Gasteiger partial charge in [-0.3, -0.25) is 0 Å². The van der Waals surface area contributed by atoms with Gasteiger partial charge >= 0.3 is 6.03 Å². The largest absolute Gasteiger partial charge is 0.503 e. The van der Waals surface area contributed by atoms with Gasteiger partial charge in [-0.1, -0.05) is 36.4 Å². The topological polar surface area (TPSA) is 61.4 Å². The number of hydrogen-bond donors (Lipinski definition) is 3. The number of carbonyl (C=O) groups is 1. The summed E-state index contributed by atoms with van der Waals surface area (Å²) in [6, 6.07) is 13.5. The highest BCUT2D eigenvalue weighted by atomic mass is 19.1. The van der Waals surface area contributed by atoms with Crippen molar-refractivity contribution in [3.05, 3.63) is 66.2 Å². The van der Waals surface area contributed by atoms with Crippen LogP contribution in [0.2, 0.25) is 0 Å². The Kier molecular flexibility index (Phi) is 3.80. The molecule has 0 heterocycles. The number of phenolic OH excluding ortho intramolecular Hbond substituents is 1. The first kappa shape index (κ1) is 14.8. The third kappa shape index (κ3) is 3.06. The van der Waals surface area contributed by atoms with Gasteiger partial charge in [0.1, 0.15) is 5.82 Å². The van der Waals surface area contributed by atoms with E-state index in [4.69, 9.17) is 0 Å². The first-order valence-electron chi connectivity index (χ1n) is 6.78. The molecule has 0 saturated heterocycles. The van der Waals surface area contributed by atoms with E-state index in [-0.39, 0.29) is 5.69 Å². The standard InChI is InChI=1S/C17H12F2N2O2/c18-11-8-13(19)16(22)15(9-11)21-17(23)20-14-7-3-5-10-4-1-2-6-12(10)14/h1-9,22H,(H2,20,21,23). The highest BCUT2D eigenvalue weighted by molar-refractivity contribution is 6.06. The minimum Gasteiger partial charge on any atom is -0.503 e. The van der Waals surface area contributed by atoms with Crippen LogP contribution in [0.4, 0.5) is 25.0 Å². The summed E-state index contributed by atoms with van der Waals surface area (Å²) in [6.07, 6.45) is 0. The van der Waals surface area contributed by atoms with Gasteiger partial charge in [0.15, 0.2) is 11.6 Å². The van der Waals surface area contributed by atoms with Gasteiger partial charge in [-0.05, 0) is 11.5 Å². The molecule has 3 aromatic rings. The Balaban J connectivity index is 1.85. The highest BCUT2D eigenvalue weighted by Crippen LogP contribution is 2.28. The number of benzene rings is 3. The third-order valence-corrected chi connectivity index (χ3v) is 3.31. The van der Waals surface area contributed by atoms with Crippen LogP contribution < -0.4 is 10.6 Å². The molecule has 3 rings (SSSR count). The fraction of sp³-hybridized carbons (Fsp3) is 0. The van der Waals surface area contributed by atoms with Crippen LogP contribution in [-0.2, 0) is 0 Å². The van der Waals surface area contributed by atoms with E-state index in [2.05, 4.69) is 10.6 Å². The number of urea groups is 1. The molecule has 23 heavy (non-hydrogen) atoms. The van der Waals surface area contributed by atoms with Gasteiger partial charge in [-0.15, -0.1) is 0 Å². The molecule has 3 N–H and O–H groups in total. The normalized spacial score (nSPS) is 10.5. The van der Waals surface area contributed by atoms with Gasteiger partial charge in [0, 0.05) is 17.5 Å². The fourth-order valence-corrected chi connectivity index (χ4v) is 2.27. The summed E-state index contributed by atoms with van der Waals surface area (Å²) in [5.41, 5.74) is 0.192. The zero-order chi connectivity index (χ0) is 16.4. The number of fused-ring (bicyclic) bond motifs is 1. The van der Waals surface area contributed by atoms with Gasteiger partial charge in [0.2, 0.25) is 0 Å². The molecule has 0 atom stereocenters. The smallest absolute Gasteiger partial charge is 0.323 e. The molecule has 0 aliphatic heterocycles. The van der Waals surface area contributed by atoms with Crippen molar-refractivity contribution in [2.24, 2.45) is 0 Å². The van der Waals surface area contributed by atoms with Crippen LogP contribution in [0, 0.1) is 11.6 Å². The van der Waals surface area contributed by atoms with E-state index >= 15 is 0 Å². The van der Waals surface area contributed by atoms with Crippen LogP contribution in [0.25, 0.3) is 10.8 Å². The first-order valence-corrected chi connectivity index (χ1v) is 6.78. The van der Waals surface area contributed by atoms with Crippen molar-refractivity contribution >= 4 is 28.2 Å². The monoisotopic (exact) mass is 314 g/mol. The summed E-state index contributed by atoms with van der Waals surface area (Å²) in [4.78, 5) is 12.0. The number of hydrogen-bond acceptors (Lipinski definition) is 2. The minimum absolute atomic E-state index is 0.347. The molecule has 0 saturated carbocycles. The lowest BCUT2D eigenvalue weighted by Gasteiger charge is -2.11. The number of nitrogens with one attached hydrogen (secondary N) is 2. The number of aromatic hydroxyl groups is 1. The van der Waals surface area contributed by atoms with Crippen molar-refractivity contribution in [1.29, 1.82) is 0 Å². The Morgan fingerprint density at radius 1 is 0.913 bits per heavy atom. The number of phenols is 1. The molecule has 0 radical (unpaired) electrons. The molecule has 0 spiro atoms. The summed E-state index contributed by atoms with van der Waals surface area (Å²) in [5.74, 6) is -2.87. The molecule has 2 amide bonds. The Bertz CT molecular complexity index is 892. The Hall–Kier alpha value is -3.15. The molecular formula is C17H12F2N2O2. The molecule has 0 aliphatic carbocycles. The predicted octanol–water partition coefficient (Wildman–Crippen LogP) is 4.47. The Morgan fingerprint density at radius 2 is 1.61 bits per heavy atom. The lowest BCUT2D eigenvalue weighted by Crippen LogP contribution is -2.19. The summed E-state index contributed by atoms with van der Waals surface area (Å²) in [6.45, 7) is 0. The van der Waals surface area contributed by atoms with E-state index in [1.54, 1.807) is 12.1 Å². The van der Waals surface area contributed by atoms with Crippen LogP contribution in [0.15, 0.2) is 54.6 Å². The maximum absolute atomic E-state index is 13.3. The SMILES string of the molecule is O=C(Nc1cc(F)cc(F)c1O)Nc1cccc2ccccc12. The summed E-state index contributed by atoms with van der Waals surface area (Å²) < 4.78 is 26.4.